The molecule has 0 spiro atoms. The number of hydrogen-bond acceptors (Lipinski definition) is 4. The van der Waals surface area contributed by atoms with E-state index in [-0.39, 0.29) is 0 Å². The fraction of sp³-hybridized carbons (Fsp3) is 0.300. The van der Waals surface area contributed by atoms with Gasteiger partial charge in [0.05, 0.1) is 16.1 Å². The van der Waals surface area contributed by atoms with E-state index in [0.717, 1.165) is 33.9 Å². The van der Waals surface area contributed by atoms with Gasteiger partial charge in [-0.25, -0.2) is 0 Å². The van der Waals surface area contributed by atoms with Crippen LogP contribution in [0.3, 0.4) is 0 Å². The Hall–Kier alpha value is -2.37. The Morgan fingerprint density at radius 3 is 2.88 bits per heavy atom. The van der Waals surface area contributed by atoms with Gasteiger partial charge in [-0.2, -0.15) is 5.10 Å². The summed E-state index contributed by atoms with van der Waals surface area (Å²) in [5, 5.41) is 9.06. The second-order valence-electron chi connectivity index (χ2n) is 6.34. The molecule has 0 bridgehead atoms. The molecule has 1 aromatic heterocycles. The van der Waals surface area contributed by atoms with Crippen molar-refractivity contribution in [3.05, 3.63) is 57.7 Å². The van der Waals surface area contributed by atoms with Crippen molar-refractivity contribution in [2.45, 2.75) is 13.3 Å². The summed E-state index contributed by atoms with van der Waals surface area (Å²) in [6.45, 7) is 3.09. The lowest BCUT2D eigenvalue weighted by Crippen LogP contribution is -2.17. The Labute approximate surface area is 157 Å². The van der Waals surface area contributed by atoms with Crippen LogP contribution in [0.5, 0.6) is 5.75 Å². The largest absolute Gasteiger partial charge is 0.490 e. The van der Waals surface area contributed by atoms with E-state index in [4.69, 9.17) is 16.3 Å². The van der Waals surface area contributed by atoms with Gasteiger partial charge < -0.3 is 10.1 Å². The van der Waals surface area contributed by atoms with E-state index in [1.165, 1.54) is 0 Å². The number of likely N-dealkylation sites (N-methyl/N-ethyl adjacent to an activating group) is 1. The molecule has 0 radical (unpaired) electrons. The third kappa shape index (κ3) is 3.74. The van der Waals surface area contributed by atoms with E-state index >= 15 is 0 Å². The maximum atomic E-state index is 11.5. The average Bonchev–Trinajstić information content (AvgIpc) is 3.00. The lowest BCUT2D eigenvalue weighted by atomic mass is 9.97. The molecule has 1 N–H and O–H groups in total. The van der Waals surface area contributed by atoms with Crippen LogP contribution in [0.2, 0.25) is 5.02 Å². The minimum atomic E-state index is 0.451. The number of nitrogens with one attached hydrogen (secondary N) is 1. The number of aromatic nitrogens is 2. The predicted octanol–water partition coefficient (Wildman–Crippen LogP) is 3.54. The van der Waals surface area contributed by atoms with Crippen LogP contribution < -0.4 is 10.1 Å². The first-order valence-electron chi connectivity index (χ1n) is 8.50. The fourth-order valence-electron chi connectivity index (χ4n) is 2.99. The van der Waals surface area contributed by atoms with Gasteiger partial charge in [0, 0.05) is 25.2 Å². The van der Waals surface area contributed by atoms with Crippen molar-refractivity contribution in [2.75, 3.05) is 20.2 Å². The van der Waals surface area contributed by atoms with Crippen molar-refractivity contribution in [3.63, 3.8) is 0 Å². The number of ether oxygens (including phenoxy) is 1. The molecule has 6 heteroatoms. The molecule has 3 rings (SSSR count). The zero-order valence-corrected chi connectivity index (χ0v) is 15.9. The highest BCUT2D eigenvalue weighted by molar-refractivity contribution is 6.33. The SMILES string of the molecule is CNCCOc1c(C=O)cc(Cc2ccc3cn(C)nc3c2)c(C)c1Cl. The van der Waals surface area contributed by atoms with Crippen molar-refractivity contribution in [3.8, 4) is 5.75 Å². The van der Waals surface area contributed by atoms with Crippen molar-refractivity contribution < 1.29 is 9.53 Å². The van der Waals surface area contributed by atoms with E-state index in [2.05, 4.69) is 28.6 Å². The minimum Gasteiger partial charge on any atom is -0.490 e. The van der Waals surface area contributed by atoms with Gasteiger partial charge in [-0.3, -0.25) is 9.48 Å². The van der Waals surface area contributed by atoms with Gasteiger partial charge in [-0.15, -0.1) is 0 Å². The second-order valence-corrected chi connectivity index (χ2v) is 6.71. The summed E-state index contributed by atoms with van der Waals surface area (Å²) in [4.78, 5) is 11.5. The Kier molecular flexibility index (Phi) is 5.59. The fourth-order valence-corrected chi connectivity index (χ4v) is 3.27. The molecule has 26 heavy (non-hydrogen) atoms. The number of carbonyl (C=O) groups excluding carboxylic acids is 1. The molecule has 5 nitrogen and oxygen atoms in total. The predicted molar refractivity (Wildman–Crippen MR) is 105 cm³/mol. The molecule has 0 aliphatic carbocycles. The smallest absolute Gasteiger partial charge is 0.153 e. The van der Waals surface area contributed by atoms with Crippen LogP contribution >= 0.6 is 11.6 Å². The van der Waals surface area contributed by atoms with Crippen LogP contribution in [0.15, 0.2) is 30.5 Å². The molecule has 0 unspecified atom stereocenters. The second kappa shape index (κ2) is 7.89. The highest BCUT2D eigenvalue weighted by atomic mass is 35.5. The van der Waals surface area contributed by atoms with E-state index < -0.39 is 0 Å². The highest BCUT2D eigenvalue weighted by Crippen LogP contribution is 2.34. The number of benzene rings is 2. The molecule has 0 fully saturated rings. The Morgan fingerprint density at radius 2 is 2.15 bits per heavy atom. The lowest BCUT2D eigenvalue weighted by molar-refractivity contribution is 0.111. The van der Waals surface area contributed by atoms with Gasteiger partial charge in [0.2, 0.25) is 0 Å². The van der Waals surface area contributed by atoms with Gasteiger partial charge in [-0.1, -0.05) is 23.7 Å². The first-order chi connectivity index (χ1) is 12.5. The monoisotopic (exact) mass is 371 g/mol. The summed E-state index contributed by atoms with van der Waals surface area (Å²) in [5.74, 6) is 0.457. The van der Waals surface area contributed by atoms with Crippen molar-refractivity contribution in [1.82, 2.24) is 15.1 Å². The normalized spacial score (nSPS) is 11.1. The molecule has 0 aliphatic heterocycles. The summed E-state index contributed by atoms with van der Waals surface area (Å²) < 4.78 is 7.51. The van der Waals surface area contributed by atoms with Crippen LogP contribution in [0, 0.1) is 6.92 Å². The Balaban J connectivity index is 1.93. The van der Waals surface area contributed by atoms with E-state index in [0.29, 0.717) is 35.9 Å². The van der Waals surface area contributed by atoms with Gasteiger partial charge in [0.1, 0.15) is 12.4 Å². The zero-order chi connectivity index (χ0) is 18.7. The quantitative estimate of drug-likeness (QED) is 0.510. The first-order valence-corrected chi connectivity index (χ1v) is 8.88. The molecule has 0 aliphatic rings. The average molecular weight is 372 g/mol. The van der Waals surface area contributed by atoms with Crippen LogP contribution in [0.4, 0.5) is 0 Å². The molecule has 3 aromatic rings. The molecular formula is C20H22ClN3O2. The lowest BCUT2D eigenvalue weighted by Gasteiger charge is -2.16. The number of rotatable bonds is 7. The molecule has 0 saturated heterocycles. The molecule has 0 amide bonds. The number of nitrogens with zero attached hydrogens (tertiary/aromatic N) is 2. The zero-order valence-electron chi connectivity index (χ0n) is 15.2. The molecule has 2 aromatic carbocycles. The van der Waals surface area contributed by atoms with Gasteiger partial charge in [0.25, 0.3) is 0 Å². The third-order valence-corrected chi connectivity index (χ3v) is 4.86. The van der Waals surface area contributed by atoms with Crippen molar-refractivity contribution in [2.24, 2.45) is 7.05 Å². The number of fused-ring (bicyclic) bond motifs is 1. The Bertz CT molecular complexity index is 950. The molecule has 0 atom stereocenters. The molecule has 1 heterocycles. The summed E-state index contributed by atoms with van der Waals surface area (Å²) in [6, 6.07) is 8.08. The van der Waals surface area contributed by atoms with Crippen molar-refractivity contribution in [1.29, 1.82) is 0 Å². The highest BCUT2D eigenvalue weighted by Gasteiger charge is 2.16. The Morgan fingerprint density at radius 1 is 1.35 bits per heavy atom. The van der Waals surface area contributed by atoms with Crippen molar-refractivity contribution >= 4 is 28.8 Å². The maximum Gasteiger partial charge on any atom is 0.153 e. The van der Waals surface area contributed by atoms with E-state index in [1.807, 2.05) is 33.3 Å². The molecular weight excluding hydrogens is 350 g/mol. The summed E-state index contributed by atoms with van der Waals surface area (Å²) in [6.07, 6.45) is 3.46. The van der Waals surface area contributed by atoms with Gasteiger partial charge >= 0.3 is 0 Å². The molecule has 0 saturated carbocycles. The van der Waals surface area contributed by atoms with Crippen LogP contribution in [-0.4, -0.2) is 36.3 Å². The third-order valence-electron chi connectivity index (χ3n) is 4.41. The summed E-state index contributed by atoms with van der Waals surface area (Å²) >= 11 is 6.51. The summed E-state index contributed by atoms with van der Waals surface area (Å²) in [5.41, 5.74) is 4.49. The summed E-state index contributed by atoms with van der Waals surface area (Å²) in [7, 11) is 3.76. The number of aldehydes is 1. The topological polar surface area (TPSA) is 56.1 Å². The number of carbonyl (C=O) groups is 1. The maximum absolute atomic E-state index is 11.5. The standard InChI is InChI=1S/C20H22ClN3O2/c1-13-16(8-14-4-5-15-11-24(3)23-18(15)9-14)10-17(12-25)20(19(13)21)26-7-6-22-2/h4-5,9-12,22H,6-8H2,1-3H3. The van der Waals surface area contributed by atoms with Gasteiger partial charge in [0.15, 0.2) is 6.29 Å². The number of aryl methyl sites for hydroxylation is 1. The van der Waals surface area contributed by atoms with E-state index in [1.54, 1.807) is 4.68 Å². The first kappa shape index (κ1) is 18.4. The van der Waals surface area contributed by atoms with Gasteiger partial charge in [-0.05, 0) is 49.2 Å². The number of halogens is 1. The number of hydrogen-bond donors (Lipinski definition) is 1. The van der Waals surface area contributed by atoms with E-state index in [9.17, 15) is 4.79 Å². The van der Waals surface area contributed by atoms with Crippen LogP contribution in [-0.2, 0) is 13.5 Å². The van der Waals surface area contributed by atoms with Crippen LogP contribution in [0.1, 0.15) is 27.0 Å². The molecule has 136 valence electrons. The minimum absolute atomic E-state index is 0.451. The van der Waals surface area contributed by atoms with Crippen LogP contribution in [0.25, 0.3) is 10.9 Å².